The molecule has 3 rings (SSSR count). The molecule has 0 aromatic heterocycles. The van der Waals surface area contributed by atoms with Gasteiger partial charge in [-0.25, -0.2) is 0 Å². The molecule has 0 aliphatic carbocycles. The van der Waals surface area contributed by atoms with Crippen molar-refractivity contribution >= 4 is 39.1 Å². The predicted molar refractivity (Wildman–Crippen MR) is 92.7 cm³/mol. The second-order valence-corrected chi connectivity index (χ2v) is 6.27. The minimum absolute atomic E-state index is 0.0822. The summed E-state index contributed by atoms with van der Waals surface area (Å²) in [6.45, 7) is 0. The van der Waals surface area contributed by atoms with Gasteiger partial charge in [-0.05, 0) is 29.8 Å². The number of rotatable bonds is 3. The summed E-state index contributed by atoms with van der Waals surface area (Å²) in [4.78, 5) is 34.2. The number of Topliss-reactive ketones (excluding diaryl/α,β-unsaturated/α-hetero) is 1. The second kappa shape index (κ2) is 6.48. The molecule has 2 aromatic carbocycles. The Kier molecular flexibility index (Phi) is 4.37. The number of ketones is 1. The van der Waals surface area contributed by atoms with E-state index in [4.69, 9.17) is 0 Å². The molecule has 7 nitrogen and oxygen atoms in total. The Hall–Kier alpha value is -3.00. The molecule has 1 heterocycles. The van der Waals surface area contributed by atoms with Crippen LogP contribution in [0.4, 0.5) is 5.69 Å². The summed E-state index contributed by atoms with van der Waals surface area (Å²) in [7, 11) is 0. The van der Waals surface area contributed by atoms with Crippen LogP contribution in [0.15, 0.2) is 58.6 Å². The van der Waals surface area contributed by atoms with E-state index in [2.05, 4.69) is 21.2 Å². The normalized spacial score (nSPS) is 18.8. The molecule has 2 aromatic rings. The molecular weight excluding hydrogens is 392 g/mol. The summed E-state index contributed by atoms with van der Waals surface area (Å²) in [6.07, 6.45) is 0. The van der Waals surface area contributed by atoms with Crippen molar-refractivity contribution in [2.75, 3.05) is 0 Å². The Morgan fingerprint density at radius 1 is 1.08 bits per heavy atom. The van der Waals surface area contributed by atoms with E-state index in [1.54, 1.807) is 24.3 Å². The van der Waals surface area contributed by atoms with Gasteiger partial charge >= 0.3 is 0 Å². The maximum Gasteiger partial charge on any atom is 0.293 e. The average Bonchev–Trinajstić information content (AvgIpc) is 2.90. The van der Waals surface area contributed by atoms with E-state index >= 15 is 0 Å². The predicted octanol–water partition coefficient (Wildman–Crippen LogP) is 3.07. The summed E-state index contributed by atoms with van der Waals surface area (Å²) in [5, 5.41) is 23.8. The number of nitrogens with zero attached hydrogens (tertiary/aromatic N) is 1. The number of halogens is 1. The van der Waals surface area contributed by atoms with Gasteiger partial charge in [-0.2, -0.15) is 0 Å². The molecular formula is C17H11BrN2O5. The van der Waals surface area contributed by atoms with Gasteiger partial charge in [0.1, 0.15) is 5.76 Å². The Morgan fingerprint density at radius 3 is 2.24 bits per heavy atom. The lowest BCUT2D eigenvalue weighted by molar-refractivity contribution is -0.384. The summed E-state index contributed by atoms with van der Waals surface area (Å²) in [6, 6.07) is 11.3. The minimum atomic E-state index is -0.830. The number of hydrogen-bond acceptors (Lipinski definition) is 5. The van der Waals surface area contributed by atoms with Gasteiger partial charge in [-0.15, -0.1) is 0 Å². The smallest absolute Gasteiger partial charge is 0.293 e. The van der Waals surface area contributed by atoms with Crippen LogP contribution in [0.2, 0.25) is 0 Å². The number of nitro benzene ring substituents is 1. The molecule has 1 amide bonds. The summed E-state index contributed by atoms with van der Waals surface area (Å²) in [5.41, 5.74) is 0.623. The standard InChI is InChI=1S/C17H11BrN2O5/c18-11-5-1-9(2-6-11)14-13(16(22)17(23)19-14)15(21)10-3-7-12(8-4-10)20(24)25/h1-8,14,21H,(H,19,23)/b15-13+/t14-/m0/s1. The van der Waals surface area contributed by atoms with E-state index in [1.807, 2.05) is 0 Å². The highest BCUT2D eigenvalue weighted by atomic mass is 79.9. The van der Waals surface area contributed by atoms with Crippen molar-refractivity contribution in [1.29, 1.82) is 0 Å². The Labute approximate surface area is 150 Å². The number of hydrogen-bond donors (Lipinski definition) is 2. The highest BCUT2D eigenvalue weighted by molar-refractivity contribution is 9.10. The van der Waals surface area contributed by atoms with Gasteiger partial charge in [0.05, 0.1) is 16.5 Å². The quantitative estimate of drug-likeness (QED) is 0.269. The Balaban J connectivity index is 2.07. The van der Waals surface area contributed by atoms with E-state index in [0.29, 0.717) is 5.56 Å². The highest BCUT2D eigenvalue weighted by Gasteiger charge is 2.39. The maximum absolute atomic E-state index is 12.2. The molecule has 0 radical (unpaired) electrons. The first-order valence-electron chi connectivity index (χ1n) is 7.17. The van der Waals surface area contributed by atoms with Crippen molar-refractivity contribution in [2.24, 2.45) is 0 Å². The molecule has 2 N–H and O–H groups in total. The second-order valence-electron chi connectivity index (χ2n) is 5.35. The molecule has 25 heavy (non-hydrogen) atoms. The summed E-state index contributed by atoms with van der Waals surface area (Å²) >= 11 is 3.31. The van der Waals surface area contributed by atoms with Gasteiger partial charge in [0.2, 0.25) is 0 Å². The first-order chi connectivity index (χ1) is 11.9. The zero-order valence-electron chi connectivity index (χ0n) is 12.6. The van der Waals surface area contributed by atoms with E-state index in [1.165, 1.54) is 24.3 Å². The number of non-ortho nitro benzene ring substituents is 1. The molecule has 1 atom stereocenters. The van der Waals surface area contributed by atoms with Crippen LogP contribution in [0.3, 0.4) is 0 Å². The van der Waals surface area contributed by atoms with Crippen LogP contribution in [0.5, 0.6) is 0 Å². The molecule has 1 fully saturated rings. The van der Waals surface area contributed by atoms with Crippen LogP contribution >= 0.6 is 15.9 Å². The van der Waals surface area contributed by atoms with Gasteiger partial charge in [0.15, 0.2) is 0 Å². The number of benzene rings is 2. The van der Waals surface area contributed by atoms with Crippen molar-refractivity contribution in [3.8, 4) is 0 Å². The number of nitrogens with one attached hydrogen (secondary N) is 1. The monoisotopic (exact) mass is 402 g/mol. The van der Waals surface area contributed by atoms with Crippen LogP contribution < -0.4 is 5.32 Å². The molecule has 8 heteroatoms. The lowest BCUT2D eigenvalue weighted by atomic mass is 9.96. The minimum Gasteiger partial charge on any atom is -0.507 e. The topological polar surface area (TPSA) is 110 Å². The van der Waals surface area contributed by atoms with E-state index in [-0.39, 0.29) is 22.6 Å². The first-order valence-corrected chi connectivity index (χ1v) is 7.96. The van der Waals surface area contributed by atoms with E-state index < -0.39 is 22.7 Å². The number of amides is 1. The van der Waals surface area contributed by atoms with Crippen LogP contribution in [-0.2, 0) is 9.59 Å². The third-order valence-corrected chi connectivity index (χ3v) is 4.35. The summed E-state index contributed by atoms with van der Waals surface area (Å²) in [5.74, 6) is -2.02. The molecule has 1 aliphatic rings. The van der Waals surface area contributed by atoms with Crippen molar-refractivity contribution in [2.45, 2.75) is 6.04 Å². The van der Waals surface area contributed by atoms with Crippen LogP contribution in [0, 0.1) is 10.1 Å². The molecule has 1 aliphatic heterocycles. The SMILES string of the molecule is O=C1N[C@@H](c2ccc(Br)cc2)/C(=C(\O)c2ccc([N+](=O)[O-])cc2)C1=O. The number of carbonyl (C=O) groups is 2. The van der Waals surface area contributed by atoms with E-state index in [0.717, 1.165) is 4.47 Å². The third-order valence-electron chi connectivity index (χ3n) is 3.82. The molecule has 0 unspecified atom stereocenters. The average molecular weight is 403 g/mol. The van der Waals surface area contributed by atoms with Gasteiger partial charge in [0, 0.05) is 22.2 Å². The van der Waals surface area contributed by atoms with Crippen LogP contribution in [0.25, 0.3) is 5.76 Å². The Bertz CT molecular complexity index is 904. The molecule has 126 valence electrons. The summed E-state index contributed by atoms with van der Waals surface area (Å²) < 4.78 is 0.831. The zero-order valence-corrected chi connectivity index (χ0v) is 14.2. The van der Waals surface area contributed by atoms with Crippen molar-refractivity contribution in [3.63, 3.8) is 0 Å². The molecule has 0 spiro atoms. The number of carbonyl (C=O) groups excluding carboxylic acids is 2. The van der Waals surface area contributed by atoms with Crippen LogP contribution in [0.1, 0.15) is 17.2 Å². The number of aliphatic hydroxyl groups is 1. The van der Waals surface area contributed by atoms with Gasteiger partial charge in [-0.3, -0.25) is 19.7 Å². The van der Waals surface area contributed by atoms with Crippen molar-refractivity contribution < 1.29 is 19.6 Å². The largest absolute Gasteiger partial charge is 0.507 e. The van der Waals surface area contributed by atoms with Gasteiger partial charge in [-0.1, -0.05) is 28.1 Å². The van der Waals surface area contributed by atoms with Gasteiger partial charge < -0.3 is 10.4 Å². The molecule has 0 bridgehead atoms. The Morgan fingerprint density at radius 2 is 1.68 bits per heavy atom. The number of aliphatic hydroxyl groups excluding tert-OH is 1. The fourth-order valence-corrected chi connectivity index (χ4v) is 2.83. The fourth-order valence-electron chi connectivity index (χ4n) is 2.57. The number of nitro groups is 1. The maximum atomic E-state index is 12.2. The van der Waals surface area contributed by atoms with E-state index in [9.17, 15) is 24.8 Å². The van der Waals surface area contributed by atoms with Crippen molar-refractivity contribution in [3.05, 3.63) is 79.8 Å². The van der Waals surface area contributed by atoms with Crippen LogP contribution in [-0.4, -0.2) is 21.7 Å². The van der Waals surface area contributed by atoms with Gasteiger partial charge in [0.25, 0.3) is 17.4 Å². The lowest BCUT2D eigenvalue weighted by Gasteiger charge is -2.13. The molecule has 0 saturated carbocycles. The fraction of sp³-hybridized carbons (Fsp3) is 0.0588. The zero-order chi connectivity index (χ0) is 18.1. The highest BCUT2D eigenvalue weighted by Crippen LogP contribution is 2.33. The third kappa shape index (κ3) is 3.16. The lowest BCUT2D eigenvalue weighted by Crippen LogP contribution is -2.21. The first kappa shape index (κ1) is 16.8. The molecule has 1 saturated heterocycles. The van der Waals surface area contributed by atoms with Crippen molar-refractivity contribution in [1.82, 2.24) is 5.32 Å².